The monoisotopic (exact) mass is 149 g/mol. The van der Waals surface area contributed by atoms with Gasteiger partial charge in [-0.1, -0.05) is 0 Å². The maximum absolute atomic E-state index is 10.2. The summed E-state index contributed by atoms with van der Waals surface area (Å²) in [5.74, 6) is -1.68. The van der Waals surface area contributed by atoms with E-state index in [0.717, 1.165) is 0 Å². The molecule has 0 bridgehead atoms. The van der Waals surface area contributed by atoms with Crippen LogP contribution in [0.3, 0.4) is 0 Å². The minimum Gasteiger partial charge on any atom is -0.392 e. The number of esters is 2. The predicted octanol–water partition coefficient (Wildman–Crippen LogP) is 0.519. The van der Waals surface area contributed by atoms with Gasteiger partial charge in [0.1, 0.15) is 5.88 Å². The lowest BCUT2D eigenvalue weighted by molar-refractivity contribution is -0.157. The number of ether oxygens (including phenoxy) is 1. The van der Waals surface area contributed by atoms with Gasteiger partial charge >= 0.3 is 11.9 Å². The van der Waals surface area contributed by atoms with Crippen LogP contribution in [-0.4, -0.2) is 17.8 Å². The van der Waals surface area contributed by atoms with Gasteiger partial charge in [0.05, 0.1) is 0 Å². The molecule has 0 aromatic heterocycles. The summed E-state index contributed by atoms with van der Waals surface area (Å²) in [5, 5.41) is 0. The first-order valence-corrected chi connectivity index (χ1v) is 2.83. The first-order chi connectivity index (χ1) is 4.20. The molecule has 0 unspecified atom stereocenters. The Balaban J connectivity index is 3.47. The van der Waals surface area contributed by atoms with Crippen LogP contribution in [0.5, 0.6) is 0 Å². The third-order valence-electron chi connectivity index (χ3n) is 0.541. The molecule has 0 atom stereocenters. The molecule has 0 heterocycles. The second kappa shape index (κ2) is 4.32. The lowest BCUT2D eigenvalue weighted by Gasteiger charge is -1.94. The zero-order valence-corrected chi connectivity index (χ0v) is 5.48. The standard InChI is InChI=1S/C5H6ClO3/c1-2-4(7)9-5(8)3-6/h1-3H2. The largest absolute Gasteiger partial charge is 0.392 e. The summed E-state index contributed by atoms with van der Waals surface area (Å²) < 4.78 is 4.08. The van der Waals surface area contributed by atoms with E-state index < -0.39 is 11.9 Å². The van der Waals surface area contributed by atoms with Crippen LogP contribution >= 0.6 is 11.6 Å². The fourth-order valence-electron chi connectivity index (χ4n) is 0.205. The molecule has 0 aromatic rings. The molecule has 0 amide bonds. The van der Waals surface area contributed by atoms with Crippen molar-refractivity contribution in [1.82, 2.24) is 0 Å². The summed E-state index contributed by atoms with van der Waals surface area (Å²) in [6.45, 7) is 3.20. The maximum Gasteiger partial charge on any atom is 0.328 e. The summed E-state index contributed by atoms with van der Waals surface area (Å²) in [4.78, 5) is 20.4. The van der Waals surface area contributed by atoms with Gasteiger partial charge in [0.15, 0.2) is 0 Å². The van der Waals surface area contributed by atoms with Crippen molar-refractivity contribution in [3.05, 3.63) is 6.92 Å². The van der Waals surface area contributed by atoms with Crippen LogP contribution in [0.1, 0.15) is 6.42 Å². The molecule has 0 fully saturated rings. The molecule has 9 heavy (non-hydrogen) atoms. The van der Waals surface area contributed by atoms with Gasteiger partial charge in [0.25, 0.3) is 0 Å². The fraction of sp³-hybridized carbons (Fsp3) is 0.400. The van der Waals surface area contributed by atoms with Crippen molar-refractivity contribution in [2.24, 2.45) is 0 Å². The molecule has 4 heteroatoms. The SMILES string of the molecule is [CH2]CC(=O)OC(=O)CCl. The highest BCUT2D eigenvalue weighted by atomic mass is 35.5. The number of carbonyl (C=O) groups is 2. The van der Waals surface area contributed by atoms with Crippen molar-refractivity contribution in [2.45, 2.75) is 6.42 Å². The Morgan fingerprint density at radius 3 is 2.33 bits per heavy atom. The van der Waals surface area contributed by atoms with E-state index in [9.17, 15) is 9.59 Å². The maximum atomic E-state index is 10.2. The molecule has 1 radical (unpaired) electrons. The van der Waals surface area contributed by atoms with E-state index in [0.29, 0.717) is 0 Å². The summed E-state index contributed by atoms with van der Waals surface area (Å²) in [6.07, 6.45) is -0.0529. The Morgan fingerprint density at radius 1 is 1.44 bits per heavy atom. The molecule has 3 nitrogen and oxygen atoms in total. The van der Waals surface area contributed by atoms with Crippen molar-refractivity contribution in [3.8, 4) is 0 Å². The van der Waals surface area contributed by atoms with E-state index in [1.165, 1.54) is 0 Å². The Hall–Kier alpha value is -0.570. The van der Waals surface area contributed by atoms with E-state index in [1.807, 2.05) is 0 Å². The molecule has 0 spiro atoms. The summed E-state index contributed by atoms with van der Waals surface area (Å²) in [7, 11) is 0. The lowest BCUT2D eigenvalue weighted by Crippen LogP contribution is -2.11. The highest BCUT2D eigenvalue weighted by Gasteiger charge is 2.04. The summed E-state index contributed by atoms with van der Waals surface area (Å²) in [5.41, 5.74) is 0. The molecule has 0 aliphatic heterocycles. The Kier molecular flexibility index (Phi) is 4.05. The van der Waals surface area contributed by atoms with Crippen molar-refractivity contribution in [1.29, 1.82) is 0 Å². The molecule has 0 saturated carbocycles. The summed E-state index contributed by atoms with van der Waals surface area (Å²) >= 11 is 5.01. The number of hydrogen-bond acceptors (Lipinski definition) is 3. The number of alkyl halides is 1. The quantitative estimate of drug-likeness (QED) is 0.327. The Bertz CT molecular complexity index is 107. The van der Waals surface area contributed by atoms with E-state index in [1.54, 1.807) is 0 Å². The van der Waals surface area contributed by atoms with E-state index in [-0.39, 0.29) is 12.3 Å². The molecule has 0 rings (SSSR count). The van der Waals surface area contributed by atoms with Gasteiger partial charge in [0, 0.05) is 6.42 Å². The van der Waals surface area contributed by atoms with Crippen molar-refractivity contribution in [2.75, 3.05) is 5.88 Å². The van der Waals surface area contributed by atoms with Gasteiger partial charge in [-0.3, -0.25) is 9.59 Å². The minimum atomic E-state index is -0.731. The fourth-order valence-corrected chi connectivity index (χ4v) is 0.260. The number of halogens is 1. The minimum absolute atomic E-state index is 0.0529. The second-order valence-corrected chi connectivity index (χ2v) is 1.50. The number of hydrogen-bond donors (Lipinski definition) is 0. The van der Waals surface area contributed by atoms with Crippen LogP contribution in [0.2, 0.25) is 0 Å². The molecule has 51 valence electrons. The van der Waals surface area contributed by atoms with Crippen LogP contribution in [0.4, 0.5) is 0 Å². The van der Waals surface area contributed by atoms with E-state index in [4.69, 9.17) is 11.6 Å². The van der Waals surface area contributed by atoms with E-state index >= 15 is 0 Å². The highest BCUT2D eigenvalue weighted by molar-refractivity contribution is 6.27. The van der Waals surface area contributed by atoms with Crippen molar-refractivity contribution in [3.63, 3.8) is 0 Å². The molecule has 0 aliphatic carbocycles. The van der Waals surface area contributed by atoms with Gasteiger partial charge in [-0.05, 0) is 6.92 Å². The zero-order chi connectivity index (χ0) is 7.28. The van der Waals surface area contributed by atoms with Crippen LogP contribution in [0.15, 0.2) is 0 Å². The topological polar surface area (TPSA) is 43.4 Å². The summed E-state index contributed by atoms with van der Waals surface area (Å²) in [6, 6.07) is 0. The average Bonchev–Trinajstić information content (AvgIpc) is 1.87. The number of rotatable bonds is 2. The first-order valence-electron chi connectivity index (χ1n) is 2.29. The molecule has 0 aliphatic rings. The van der Waals surface area contributed by atoms with Gasteiger partial charge in [-0.2, -0.15) is 0 Å². The van der Waals surface area contributed by atoms with Crippen LogP contribution in [0.25, 0.3) is 0 Å². The normalized spacial score (nSPS) is 8.67. The zero-order valence-electron chi connectivity index (χ0n) is 4.72. The Morgan fingerprint density at radius 2 is 2.00 bits per heavy atom. The van der Waals surface area contributed by atoms with Crippen LogP contribution in [-0.2, 0) is 14.3 Å². The molecule has 0 saturated heterocycles. The van der Waals surface area contributed by atoms with Gasteiger partial charge < -0.3 is 4.74 Å². The van der Waals surface area contributed by atoms with Crippen LogP contribution < -0.4 is 0 Å². The third-order valence-corrected chi connectivity index (χ3v) is 0.759. The molecular formula is C5H6ClO3. The second-order valence-electron chi connectivity index (χ2n) is 1.23. The van der Waals surface area contributed by atoms with Gasteiger partial charge in [0.2, 0.25) is 0 Å². The highest BCUT2D eigenvalue weighted by Crippen LogP contribution is 1.86. The van der Waals surface area contributed by atoms with E-state index in [2.05, 4.69) is 11.7 Å². The molecule has 0 N–H and O–H groups in total. The van der Waals surface area contributed by atoms with Gasteiger partial charge in [-0.25, -0.2) is 0 Å². The van der Waals surface area contributed by atoms with Crippen molar-refractivity contribution >= 4 is 23.5 Å². The first kappa shape index (κ1) is 8.43. The van der Waals surface area contributed by atoms with Gasteiger partial charge in [-0.15, -0.1) is 11.6 Å². The average molecular weight is 150 g/mol. The molecule has 0 aromatic carbocycles. The molecular weight excluding hydrogens is 144 g/mol. The Labute approximate surface area is 57.9 Å². The lowest BCUT2D eigenvalue weighted by atomic mass is 10.5. The van der Waals surface area contributed by atoms with Crippen LogP contribution in [0, 0.1) is 6.92 Å². The third kappa shape index (κ3) is 3.97. The smallest absolute Gasteiger partial charge is 0.328 e. The van der Waals surface area contributed by atoms with Crippen molar-refractivity contribution < 1.29 is 14.3 Å². The predicted molar refractivity (Wildman–Crippen MR) is 31.8 cm³/mol. The number of carbonyl (C=O) groups excluding carboxylic acids is 2.